The van der Waals surface area contributed by atoms with Crippen molar-refractivity contribution in [2.24, 2.45) is 17.8 Å². The normalized spacial score (nSPS) is 19.4. The van der Waals surface area contributed by atoms with Crippen molar-refractivity contribution >= 4 is 17.5 Å². The number of fused-ring (bicyclic) bond motifs is 1. The fourth-order valence-corrected chi connectivity index (χ4v) is 6.90. The molecule has 240 valence electrons. The fourth-order valence-electron chi connectivity index (χ4n) is 6.90. The van der Waals surface area contributed by atoms with Crippen LogP contribution >= 0.6 is 0 Å². The number of halogens is 3. The molecule has 0 spiro atoms. The number of rotatable bonds is 11. The van der Waals surface area contributed by atoms with Crippen molar-refractivity contribution < 1.29 is 22.8 Å². The molecule has 1 unspecified atom stereocenters. The van der Waals surface area contributed by atoms with Crippen molar-refractivity contribution in [1.29, 1.82) is 0 Å². The zero-order valence-corrected chi connectivity index (χ0v) is 25.7. The Kier molecular flexibility index (Phi) is 8.36. The third-order valence-corrected chi connectivity index (χ3v) is 9.07. The zero-order valence-electron chi connectivity index (χ0n) is 25.7. The molecule has 2 aliphatic carbocycles. The number of H-pyrrole nitrogens is 1. The van der Waals surface area contributed by atoms with E-state index in [2.05, 4.69) is 20.7 Å². The lowest BCUT2D eigenvalue weighted by Gasteiger charge is -2.36. The summed E-state index contributed by atoms with van der Waals surface area (Å²) in [6, 6.07) is 7.17. The monoisotopic (exact) mass is 624 g/mol. The molecular weight excluding hydrogens is 585 g/mol. The second kappa shape index (κ2) is 12.1. The summed E-state index contributed by atoms with van der Waals surface area (Å²) in [5.41, 5.74) is 1.86. The topological polar surface area (TPSA) is 112 Å². The second-order valence-electron chi connectivity index (χ2n) is 13.3. The van der Waals surface area contributed by atoms with Crippen molar-refractivity contribution in [3.05, 3.63) is 81.3 Å². The number of nitrogens with one attached hydrogen (secondary N) is 3. The number of hydrogen-bond donors (Lipinski definition) is 3. The Morgan fingerprint density at radius 2 is 1.80 bits per heavy atom. The molecule has 3 N–H and O–H groups in total. The van der Waals surface area contributed by atoms with Gasteiger partial charge in [-0.3, -0.25) is 24.0 Å². The predicted octanol–water partition coefficient (Wildman–Crippen LogP) is 5.07. The van der Waals surface area contributed by atoms with E-state index in [-0.39, 0.29) is 42.4 Å². The van der Waals surface area contributed by atoms with Crippen LogP contribution in [0.1, 0.15) is 85.6 Å². The molecule has 2 amide bonds. The van der Waals surface area contributed by atoms with E-state index < -0.39 is 35.8 Å². The molecule has 2 atom stereocenters. The molecule has 1 aromatic carbocycles. The lowest BCUT2D eigenvalue weighted by Crippen LogP contribution is -2.50. The molecule has 3 aromatic rings. The van der Waals surface area contributed by atoms with Crippen molar-refractivity contribution in [3.8, 4) is 0 Å². The molecule has 0 saturated heterocycles. The number of aromatic nitrogens is 3. The quantitative estimate of drug-likeness (QED) is 0.276. The van der Waals surface area contributed by atoms with Crippen LogP contribution in [0.3, 0.4) is 0 Å². The van der Waals surface area contributed by atoms with E-state index in [9.17, 15) is 27.6 Å². The van der Waals surface area contributed by atoms with Gasteiger partial charge in [0.25, 0.3) is 17.4 Å². The summed E-state index contributed by atoms with van der Waals surface area (Å²) in [6.45, 7) is 4.43. The van der Waals surface area contributed by atoms with Crippen LogP contribution in [0.5, 0.6) is 0 Å². The van der Waals surface area contributed by atoms with Crippen LogP contribution in [0.25, 0.3) is 0 Å². The average Bonchev–Trinajstić information content (AvgIpc) is 3.91. The number of amides is 2. The number of hydrogen-bond acceptors (Lipinski definition) is 5. The summed E-state index contributed by atoms with van der Waals surface area (Å²) in [5.74, 6) is -4.23. The highest BCUT2D eigenvalue weighted by Gasteiger charge is 2.48. The first-order valence-corrected chi connectivity index (χ1v) is 15.6. The number of benzene rings is 1. The maximum atomic E-state index is 14.2. The molecule has 12 heteroatoms. The Labute approximate surface area is 259 Å². The first kappa shape index (κ1) is 31.1. The minimum Gasteiger partial charge on any atom is -0.339 e. The van der Waals surface area contributed by atoms with E-state index in [1.807, 2.05) is 13.8 Å². The molecule has 0 radical (unpaired) electrons. The molecule has 2 saturated carbocycles. The van der Waals surface area contributed by atoms with E-state index in [1.54, 1.807) is 40.0 Å². The summed E-state index contributed by atoms with van der Waals surface area (Å²) in [5, 5.41) is 10.3. The molecule has 3 aliphatic rings. The van der Waals surface area contributed by atoms with Crippen LogP contribution in [-0.4, -0.2) is 56.5 Å². The van der Waals surface area contributed by atoms with Crippen molar-refractivity contribution in [1.82, 2.24) is 25.0 Å². The third kappa shape index (κ3) is 7.00. The van der Waals surface area contributed by atoms with Crippen LogP contribution in [0.15, 0.2) is 47.5 Å². The van der Waals surface area contributed by atoms with Gasteiger partial charge >= 0.3 is 0 Å². The van der Waals surface area contributed by atoms with Crippen LogP contribution in [-0.2, 0) is 11.3 Å². The van der Waals surface area contributed by atoms with Crippen LogP contribution in [0.4, 0.5) is 18.9 Å². The molecule has 1 aliphatic heterocycles. The maximum absolute atomic E-state index is 14.2. The van der Waals surface area contributed by atoms with E-state index in [0.29, 0.717) is 34.3 Å². The molecule has 2 fully saturated rings. The summed E-state index contributed by atoms with van der Waals surface area (Å²) in [4.78, 5) is 44.1. The van der Waals surface area contributed by atoms with Gasteiger partial charge in [0.2, 0.25) is 5.91 Å². The Balaban J connectivity index is 1.29. The molecule has 6 rings (SSSR count). The molecule has 0 bridgehead atoms. The maximum Gasteiger partial charge on any atom is 0.270 e. The second-order valence-corrected chi connectivity index (χ2v) is 13.3. The van der Waals surface area contributed by atoms with E-state index in [1.165, 1.54) is 0 Å². The number of nitrogens with zero attached hydrogens (tertiary/aromatic N) is 3. The van der Waals surface area contributed by atoms with Gasteiger partial charge < -0.3 is 15.6 Å². The van der Waals surface area contributed by atoms with Crippen LogP contribution < -0.4 is 16.2 Å². The van der Waals surface area contributed by atoms with Crippen molar-refractivity contribution in [2.45, 2.75) is 76.9 Å². The lowest BCUT2D eigenvalue weighted by molar-refractivity contribution is -0.119. The van der Waals surface area contributed by atoms with Gasteiger partial charge in [-0.05, 0) is 92.7 Å². The minimum absolute atomic E-state index is 0.00774. The van der Waals surface area contributed by atoms with Gasteiger partial charge in [0.1, 0.15) is 17.6 Å². The predicted molar refractivity (Wildman–Crippen MR) is 163 cm³/mol. The molecule has 9 nitrogen and oxygen atoms in total. The fraction of sp³-hybridized carbons (Fsp3) is 0.515. The Morgan fingerprint density at radius 1 is 1.09 bits per heavy atom. The number of pyridine rings is 1. The van der Waals surface area contributed by atoms with Crippen molar-refractivity contribution in [2.75, 3.05) is 18.4 Å². The molecular formula is C33H39F3N6O3. The smallest absolute Gasteiger partial charge is 0.270 e. The highest BCUT2D eigenvalue weighted by Crippen LogP contribution is 2.51. The van der Waals surface area contributed by atoms with Gasteiger partial charge in [-0.15, -0.1) is 0 Å². The van der Waals surface area contributed by atoms with Gasteiger partial charge in [-0.2, -0.15) is 5.10 Å². The Bertz CT molecular complexity index is 1630. The largest absolute Gasteiger partial charge is 0.339 e. The Morgan fingerprint density at radius 3 is 2.44 bits per heavy atom. The number of anilines is 1. The highest BCUT2D eigenvalue weighted by atomic mass is 19.3. The number of alkyl halides is 2. The van der Waals surface area contributed by atoms with Crippen LogP contribution in [0.2, 0.25) is 0 Å². The number of carbonyl (C=O) groups is 2. The SMILES string of the molecule is CC(C)n1nccc1C(=O)N[C@H](C(=O)Nc1ccc2c(c1)CN(CC(C)(F)F)CC2c1cc(F)c[nH]c1=O)C(C1CC1)C1CC1. The standard InChI is InChI=1S/C33H39F3N6O3/c1-18(2)42-27(10-11-38-42)31(44)40-29(28(19-4-5-19)20-6-7-20)32(45)39-23-8-9-24-21(12-23)15-41(17-33(3,35)36)16-26(24)25-13-22(34)14-37-30(25)43/h8-14,18-20,26,28-29H,4-7,15-17H2,1-3H3,(H,37,43)(H,39,45)(H,40,44)/t26?,29-/m0/s1. The number of carbonyl (C=O) groups excluding carboxylic acids is 2. The summed E-state index contributed by atoms with van der Waals surface area (Å²) < 4.78 is 44.0. The number of aromatic amines is 1. The average molecular weight is 625 g/mol. The van der Waals surface area contributed by atoms with Gasteiger partial charge in [0, 0.05) is 55.6 Å². The first-order valence-electron chi connectivity index (χ1n) is 15.6. The minimum atomic E-state index is -2.99. The van der Waals surface area contributed by atoms with Crippen molar-refractivity contribution in [3.63, 3.8) is 0 Å². The lowest BCUT2D eigenvalue weighted by atomic mass is 9.84. The Hall–Kier alpha value is -3.93. The van der Waals surface area contributed by atoms with Gasteiger partial charge in [-0.1, -0.05) is 6.07 Å². The first-order chi connectivity index (χ1) is 21.4. The molecule has 2 aromatic heterocycles. The van der Waals surface area contributed by atoms with Gasteiger partial charge in [-0.25, -0.2) is 13.2 Å². The van der Waals surface area contributed by atoms with Gasteiger partial charge in [0.05, 0.1) is 6.54 Å². The van der Waals surface area contributed by atoms with E-state index >= 15 is 0 Å². The third-order valence-electron chi connectivity index (χ3n) is 9.07. The zero-order chi connectivity index (χ0) is 32.0. The molecule has 45 heavy (non-hydrogen) atoms. The summed E-state index contributed by atoms with van der Waals surface area (Å²) >= 11 is 0. The van der Waals surface area contributed by atoms with E-state index in [4.69, 9.17) is 0 Å². The van der Waals surface area contributed by atoms with Gasteiger partial charge in [0.15, 0.2) is 0 Å². The van der Waals surface area contributed by atoms with E-state index in [0.717, 1.165) is 44.9 Å². The summed E-state index contributed by atoms with van der Waals surface area (Å²) in [6.07, 6.45) is 6.60. The highest BCUT2D eigenvalue weighted by molar-refractivity contribution is 6.01. The summed E-state index contributed by atoms with van der Waals surface area (Å²) in [7, 11) is 0. The molecule has 3 heterocycles. The van der Waals surface area contributed by atoms with Crippen LogP contribution in [0, 0.1) is 23.6 Å².